The van der Waals surface area contributed by atoms with E-state index in [1.54, 1.807) is 13.0 Å². The van der Waals surface area contributed by atoms with E-state index in [2.05, 4.69) is 6.58 Å². The van der Waals surface area contributed by atoms with Crippen molar-refractivity contribution < 1.29 is 25.2 Å². The van der Waals surface area contributed by atoms with Crippen molar-refractivity contribution in [2.75, 3.05) is 13.2 Å². The third-order valence-electron chi connectivity index (χ3n) is 3.76. The summed E-state index contributed by atoms with van der Waals surface area (Å²) in [4.78, 5) is 0. The molecule has 5 nitrogen and oxygen atoms in total. The van der Waals surface area contributed by atoms with Crippen molar-refractivity contribution in [3.63, 3.8) is 0 Å². The van der Waals surface area contributed by atoms with Crippen LogP contribution >= 0.6 is 0 Å². The number of ether oxygens (including phenoxy) is 1. The predicted molar refractivity (Wildman–Crippen MR) is 71.6 cm³/mol. The van der Waals surface area contributed by atoms with Crippen LogP contribution in [0.15, 0.2) is 12.7 Å². The van der Waals surface area contributed by atoms with Crippen molar-refractivity contribution >= 4 is 0 Å². The van der Waals surface area contributed by atoms with Crippen molar-refractivity contribution in [3.8, 4) is 0 Å². The van der Waals surface area contributed by atoms with Gasteiger partial charge in [-0.2, -0.15) is 0 Å². The highest BCUT2D eigenvalue weighted by atomic mass is 16.5. The summed E-state index contributed by atoms with van der Waals surface area (Å²) in [6.45, 7) is 5.54. The van der Waals surface area contributed by atoms with E-state index in [1.807, 2.05) is 0 Å². The number of hydrogen-bond acceptors (Lipinski definition) is 5. The van der Waals surface area contributed by atoms with Crippen LogP contribution in [0.3, 0.4) is 0 Å². The first-order valence-electron chi connectivity index (χ1n) is 6.81. The molecular weight excluding hydrogens is 248 g/mol. The monoisotopic (exact) mass is 274 g/mol. The molecule has 0 aromatic heterocycles. The first kappa shape index (κ1) is 16.6. The van der Waals surface area contributed by atoms with Crippen molar-refractivity contribution in [2.45, 2.75) is 56.5 Å². The summed E-state index contributed by atoms with van der Waals surface area (Å²) >= 11 is 0. The lowest BCUT2D eigenvalue weighted by Crippen LogP contribution is -2.45. The van der Waals surface area contributed by atoms with Gasteiger partial charge in [0.2, 0.25) is 0 Å². The Hall–Kier alpha value is -0.460. The lowest BCUT2D eigenvalue weighted by molar-refractivity contribution is -0.116. The molecule has 0 radical (unpaired) electrons. The minimum atomic E-state index is -0.881. The molecule has 0 spiro atoms. The van der Waals surface area contributed by atoms with Gasteiger partial charge in [0.15, 0.2) is 0 Å². The fraction of sp³-hybridized carbons (Fsp3) is 0.857. The van der Waals surface area contributed by atoms with Crippen LogP contribution in [0.1, 0.15) is 32.6 Å². The van der Waals surface area contributed by atoms with Gasteiger partial charge in [0, 0.05) is 25.6 Å². The fourth-order valence-electron chi connectivity index (χ4n) is 2.47. The summed E-state index contributed by atoms with van der Waals surface area (Å²) < 4.78 is 5.64. The van der Waals surface area contributed by atoms with Crippen LogP contribution in [0.25, 0.3) is 0 Å². The van der Waals surface area contributed by atoms with Gasteiger partial charge >= 0.3 is 0 Å². The number of hydrogen-bond donors (Lipinski definition) is 4. The number of aliphatic hydroxyl groups is 4. The van der Waals surface area contributed by atoms with Crippen LogP contribution in [-0.2, 0) is 4.74 Å². The molecule has 0 saturated heterocycles. The second-order valence-corrected chi connectivity index (χ2v) is 5.70. The van der Waals surface area contributed by atoms with Crippen LogP contribution in [0.4, 0.5) is 0 Å². The highest BCUT2D eigenvalue weighted by Gasteiger charge is 2.36. The van der Waals surface area contributed by atoms with Crippen LogP contribution in [0, 0.1) is 5.92 Å². The molecule has 5 atom stereocenters. The quantitative estimate of drug-likeness (QED) is 0.498. The molecule has 5 unspecified atom stereocenters. The maximum atomic E-state index is 9.96. The Morgan fingerprint density at radius 3 is 2.63 bits per heavy atom. The average molecular weight is 274 g/mol. The Morgan fingerprint density at radius 1 is 1.37 bits per heavy atom. The maximum Gasteiger partial charge on any atom is 0.0851 e. The molecule has 1 rings (SSSR count). The van der Waals surface area contributed by atoms with Gasteiger partial charge in [-0.05, 0) is 26.2 Å². The van der Waals surface area contributed by atoms with Gasteiger partial charge in [-0.25, -0.2) is 0 Å². The molecule has 0 amide bonds. The van der Waals surface area contributed by atoms with E-state index in [0.717, 1.165) is 0 Å². The minimum Gasteiger partial charge on any atom is -0.396 e. The Kier molecular flexibility index (Phi) is 6.42. The smallest absolute Gasteiger partial charge is 0.0851 e. The average Bonchev–Trinajstić information content (AvgIpc) is 2.33. The van der Waals surface area contributed by atoms with Gasteiger partial charge in [0.05, 0.1) is 23.9 Å². The van der Waals surface area contributed by atoms with Crippen molar-refractivity contribution in [1.82, 2.24) is 0 Å². The lowest BCUT2D eigenvalue weighted by Gasteiger charge is -2.36. The minimum absolute atomic E-state index is 0.160. The summed E-state index contributed by atoms with van der Waals surface area (Å²) in [5.41, 5.74) is -0.828. The first-order chi connectivity index (χ1) is 8.89. The second-order valence-electron chi connectivity index (χ2n) is 5.70. The Morgan fingerprint density at radius 2 is 2.05 bits per heavy atom. The molecule has 1 fully saturated rings. The summed E-state index contributed by atoms with van der Waals surface area (Å²) in [7, 11) is 0. The van der Waals surface area contributed by atoms with E-state index < -0.39 is 17.8 Å². The van der Waals surface area contributed by atoms with Crippen LogP contribution in [0.2, 0.25) is 0 Å². The van der Waals surface area contributed by atoms with E-state index in [-0.39, 0.29) is 18.6 Å². The highest BCUT2D eigenvalue weighted by Crippen LogP contribution is 2.27. The zero-order chi connectivity index (χ0) is 14.5. The van der Waals surface area contributed by atoms with Crippen LogP contribution in [0.5, 0.6) is 0 Å². The molecule has 1 aliphatic rings. The van der Waals surface area contributed by atoms with E-state index in [9.17, 15) is 15.3 Å². The van der Waals surface area contributed by atoms with E-state index in [1.165, 1.54) is 0 Å². The zero-order valence-corrected chi connectivity index (χ0v) is 11.5. The molecule has 5 heteroatoms. The second kappa shape index (κ2) is 7.36. The van der Waals surface area contributed by atoms with Gasteiger partial charge in [-0.15, -0.1) is 6.58 Å². The molecule has 4 N–H and O–H groups in total. The molecule has 0 aromatic rings. The SMILES string of the molecule is C=CCC(C)(O)CCOC1CC(O)C(O)C(CO)C1. The summed E-state index contributed by atoms with van der Waals surface area (Å²) in [5.74, 6) is -0.345. The summed E-state index contributed by atoms with van der Waals surface area (Å²) in [6, 6.07) is 0. The summed E-state index contributed by atoms with van der Waals surface area (Å²) in [5, 5.41) is 38.5. The van der Waals surface area contributed by atoms with Crippen LogP contribution < -0.4 is 0 Å². The van der Waals surface area contributed by atoms with Crippen molar-refractivity contribution in [3.05, 3.63) is 12.7 Å². The van der Waals surface area contributed by atoms with Crippen molar-refractivity contribution in [1.29, 1.82) is 0 Å². The van der Waals surface area contributed by atoms with Gasteiger partial charge in [-0.1, -0.05) is 6.08 Å². The Bertz CT molecular complexity index is 279. The third kappa shape index (κ3) is 5.20. The van der Waals surface area contributed by atoms with Crippen LogP contribution in [-0.4, -0.2) is 57.6 Å². The highest BCUT2D eigenvalue weighted by molar-refractivity contribution is 4.87. The topological polar surface area (TPSA) is 90.2 Å². The molecular formula is C14H26O5. The molecule has 0 aromatic carbocycles. The van der Waals surface area contributed by atoms with E-state index in [4.69, 9.17) is 9.84 Å². The van der Waals surface area contributed by atoms with Gasteiger partial charge < -0.3 is 25.2 Å². The maximum absolute atomic E-state index is 9.96. The fourth-order valence-corrected chi connectivity index (χ4v) is 2.47. The Balaban J connectivity index is 2.35. The van der Waals surface area contributed by atoms with Gasteiger partial charge in [0.25, 0.3) is 0 Å². The third-order valence-corrected chi connectivity index (χ3v) is 3.76. The van der Waals surface area contributed by atoms with Crippen molar-refractivity contribution in [2.24, 2.45) is 5.92 Å². The molecule has 19 heavy (non-hydrogen) atoms. The molecule has 0 aliphatic heterocycles. The largest absolute Gasteiger partial charge is 0.396 e. The number of rotatable bonds is 7. The standard InChI is InChI=1S/C14H26O5/c1-3-4-14(2,18)5-6-19-11-7-10(9-15)13(17)12(16)8-11/h3,10-13,15-18H,1,4-9H2,2H3. The molecule has 1 saturated carbocycles. The predicted octanol–water partition coefficient (Wildman–Crippen LogP) is 0.213. The number of aliphatic hydroxyl groups excluding tert-OH is 3. The zero-order valence-electron chi connectivity index (χ0n) is 11.5. The normalized spacial score (nSPS) is 34.8. The molecule has 0 heterocycles. The summed E-state index contributed by atoms with van der Waals surface area (Å²) in [6.07, 6.45) is 1.62. The van der Waals surface area contributed by atoms with Gasteiger partial charge in [-0.3, -0.25) is 0 Å². The van der Waals surface area contributed by atoms with Gasteiger partial charge in [0.1, 0.15) is 0 Å². The first-order valence-corrected chi connectivity index (χ1v) is 6.81. The molecule has 112 valence electrons. The Labute approximate surface area is 114 Å². The molecule has 0 bridgehead atoms. The van der Waals surface area contributed by atoms with E-state index >= 15 is 0 Å². The van der Waals surface area contributed by atoms with E-state index in [0.29, 0.717) is 32.3 Å². The molecule has 1 aliphatic carbocycles. The lowest BCUT2D eigenvalue weighted by atomic mass is 9.83.